The molecule has 0 spiro atoms. The molecule has 0 aliphatic heterocycles. The SMILES string of the molecule is CC1(C)[C@@H]2CC[C@@]1(C(=O)N(CCN(C(=O)[C@]13CC[C@H](CC1=O)C3(C)C)c1ccccc1)c1ccccc1)C(=O)C2. The lowest BCUT2D eigenvalue weighted by molar-refractivity contribution is -0.145. The second-order valence-corrected chi connectivity index (χ2v) is 13.6. The Bertz CT molecular complexity index is 1260. The summed E-state index contributed by atoms with van der Waals surface area (Å²) in [6.07, 6.45) is 3.80. The number of nitrogens with zero attached hydrogens (tertiary/aromatic N) is 2. The van der Waals surface area contributed by atoms with Gasteiger partial charge in [-0.25, -0.2) is 0 Å². The summed E-state index contributed by atoms with van der Waals surface area (Å²) in [5.41, 5.74) is -1.48. The predicted octanol–water partition coefficient (Wildman–Crippen LogP) is 5.84. The second kappa shape index (κ2) is 9.12. The first-order chi connectivity index (χ1) is 19.0. The van der Waals surface area contributed by atoms with Crippen LogP contribution in [-0.4, -0.2) is 36.5 Å². The molecule has 4 fully saturated rings. The van der Waals surface area contributed by atoms with Crippen LogP contribution in [0.2, 0.25) is 0 Å². The molecular weight excluding hydrogens is 500 g/mol. The van der Waals surface area contributed by atoms with E-state index in [4.69, 9.17) is 0 Å². The molecule has 0 heterocycles. The van der Waals surface area contributed by atoms with Crippen LogP contribution in [0.25, 0.3) is 0 Å². The van der Waals surface area contributed by atoms with Crippen LogP contribution in [0.3, 0.4) is 0 Å². The van der Waals surface area contributed by atoms with Crippen molar-refractivity contribution in [2.45, 2.75) is 66.2 Å². The molecule has 4 aliphatic carbocycles. The van der Waals surface area contributed by atoms with E-state index in [1.54, 1.807) is 9.80 Å². The van der Waals surface area contributed by atoms with Crippen LogP contribution in [0, 0.1) is 33.5 Å². The topological polar surface area (TPSA) is 74.8 Å². The Morgan fingerprint density at radius 2 is 1.00 bits per heavy atom. The molecule has 4 aliphatic rings. The largest absolute Gasteiger partial charge is 0.310 e. The molecule has 0 unspecified atom stereocenters. The molecule has 4 bridgehead atoms. The van der Waals surface area contributed by atoms with Crippen molar-refractivity contribution >= 4 is 34.8 Å². The number of benzene rings is 2. The monoisotopic (exact) mass is 540 g/mol. The van der Waals surface area contributed by atoms with Crippen molar-refractivity contribution in [1.29, 1.82) is 0 Å². The van der Waals surface area contributed by atoms with Crippen molar-refractivity contribution in [1.82, 2.24) is 0 Å². The Morgan fingerprint density at radius 3 is 1.27 bits per heavy atom. The molecule has 6 heteroatoms. The molecule has 0 radical (unpaired) electrons. The fraction of sp³-hybridized carbons (Fsp3) is 0.529. The fourth-order valence-corrected chi connectivity index (χ4v) is 8.93. The Kier molecular flexibility index (Phi) is 6.14. The van der Waals surface area contributed by atoms with Crippen molar-refractivity contribution in [3.05, 3.63) is 60.7 Å². The third kappa shape index (κ3) is 3.40. The molecule has 6 nitrogen and oxygen atoms in total. The van der Waals surface area contributed by atoms with Crippen LogP contribution < -0.4 is 9.80 Å². The average Bonchev–Trinajstić information content (AvgIpc) is 3.51. The van der Waals surface area contributed by atoms with Crippen molar-refractivity contribution in [2.24, 2.45) is 33.5 Å². The van der Waals surface area contributed by atoms with Gasteiger partial charge < -0.3 is 9.80 Å². The summed E-state index contributed by atoms with van der Waals surface area (Å²) in [6.45, 7) is 8.74. The lowest BCUT2D eigenvalue weighted by Crippen LogP contribution is -2.56. The third-order valence-electron chi connectivity index (χ3n) is 11.7. The third-order valence-corrected chi connectivity index (χ3v) is 11.7. The van der Waals surface area contributed by atoms with Gasteiger partial charge in [0.1, 0.15) is 22.4 Å². The summed E-state index contributed by atoms with van der Waals surface area (Å²) < 4.78 is 0. The number of Topliss-reactive ketones (excluding diaryl/α,β-unsaturated/α-hetero) is 2. The van der Waals surface area contributed by atoms with Gasteiger partial charge in [0.05, 0.1) is 0 Å². The average molecular weight is 541 g/mol. The van der Waals surface area contributed by atoms with Crippen LogP contribution in [0.4, 0.5) is 11.4 Å². The van der Waals surface area contributed by atoms with Gasteiger partial charge in [-0.15, -0.1) is 0 Å². The van der Waals surface area contributed by atoms with Crippen LogP contribution in [0.1, 0.15) is 66.2 Å². The molecule has 0 N–H and O–H groups in total. The van der Waals surface area contributed by atoms with E-state index in [-0.39, 0.29) is 48.3 Å². The highest BCUT2D eigenvalue weighted by atomic mass is 16.2. The van der Waals surface area contributed by atoms with Gasteiger partial charge >= 0.3 is 0 Å². The summed E-state index contributed by atoms with van der Waals surface area (Å²) >= 11 is 0. The zero-order valence-corrected chi connectivity index (χ0v) is 24.1. The van der Waals surface area contributed by atoms with E-state index in [2.05, 4.69) is 27.7 Å². The molecule has 4 atom stereocenters. The number of ketones is 2. The van der Waals surface area contributed by atoms with Gasteiger partial charge in [0.15, 0.2) is 0 Å². The normalized spacial score (nSPS) is 31.0. The molecule has 0 saturated heterocycles. The number of fused-ring (bicyclic) bond motifs is 4. The van der Waals surface area contributed by atoms with Crippen LogP contribution in [0.15, 0.2) is 60.7 Å². The van der Waals surface area contributed by atoms with Crippen LogP contribution in [-0.2, 0) is 19.2 Å². The van der Waals surface area contributed by atoms with Gasteiger partial charge in [-0.1, -0.05) is 64.1 Å². The molecule has 40 heavy (non-hydrogen) atoms. The highest BCUT2D eigenvalue weighted by molar-refractivity contribution is 6.16. The standard InChI is InChI=1S/C34H40N2O4/c1-31(2)23-15-17-33(31,27(37)21-23)29(39)35(25-11-7-5-8-12-25)19-20-36(26-13-9-6-10-14-26)30(40)34-18-16-24(22-28(34)38)32(34,3)4/h5-14,23-24H,15-22H2,1-4H3/t23-,24-,33+,34+/m1/s1. The minimum Gasteiger partial charge on any atom is -0.310 e. The molecule has 0 aromatic heterocycles. The summed E-state index contributed by atoms with van der Waals surface area (Å²) in [7, 11) is 0. The van der Waals surface area contributed by atoms with Crippen molar-refractivity contribution in [3.8, 4) is 0 Å². The van der Waals surface area contributed by atoms with Crippen molar-refractivity contribution < 1.29 is 19.2 Å². The van der Waals surface area contributed by atoms with E-state index < -0.39 is 21.7 Å². The zero-order chi connectivity index (χ0) is 28.5. The van der Waals surface area contributed by atoms with Gasteiger partial charge in [-0.05, 0) is 72.6 Å². The number of para-hydroxylation sites is 2. The first-order valence-corrected chi connectivity index (χ1v) is 14.8. The number of amides is 2. The Hall–Kier alpha value is -3.28. The maximum Gasteiger partial charge on any atom is 0.241 e. The number of anilines is 2. The van der Waals surface area contributed by atoms with Gasteiger partial charge in [0.25, 0.3) is 0 Å². The molecular formula is C34H40N2O4. The smallest absolute Gasteiger partial charge is 0.241 e. The molecule has 2 amide bonds. The van der Waals surface area contributed by atoms with Crippen molar-refractivity contribution in [2.75, 3.05) is 22.9 Å². The summed E-state index contributed by atoms with van der Waals surface area (Å²) in [5.74, 6) is 0.203. The summed E-state index contributed by atoms with van der Waals surface area (Å²) in [5, 5.41) is 0. The van der Waals surface area contributed by atoms with E-state index >= 15 is 0 Å². The molecule has 2 aromatic rings. The highest BCUT2D eigenvalue weighted by Crippen LogP contribution is 2.65. The number of carbonyl (C=O) groups excluding carboxylic acids is 4. The van der Waals surface area contributed by atoms with Gasteiger partial charge in [-0.2, -0.15) is 0 Å². The van der Waals surface area contributed by atoms with E-state index in [0.29, 0.717) is 25.7 Å². The zero-order valence-electron chi connectivity index (χ0n) is 24.1. The second-order valence-electron chi connectivity index (χ2n) is 13.6. The number of hydrogen-bond donors (Lipinski definition) is 0. The van der Waals surface area contributed by atoms with Crippen molar-refractivity contribution in [3.63, 3.8) is 0 Å². The minimum absolute atomic E-state index is 0.0462. The molecule has 4 saturated carbocycles. The number of rotatable bonds is 7. The van der Waals surface area contributed by atoms with E-state index in [0.717, 1.165) is 24.2 Å². The maximum absolute atomic E-state index is 14.6. The Balaban J connectivity index is 1.37. The van der Waals surface area contributed by atoms with E-state index in [9.17, 15) is 19.2 Å². The van der Waals surface area contributed by atoms with E-state index in [1.165, 1.54) is 0 Å². The molecule has 6 rings (SSSR count). The quantitative estimate of drug-likeness (QED) is 0.413. The lowest BCUT2D eigenvalue weighted by Gasteiger charge is -2.41. The number of hydrogen-bond acceptors (Lipinski definition) is 4. The minimum atomic E-state index is -1.05. The van der Waals surface area contributed by atoms with Gasteiger partial charge in [0.2, 0.25) is 11.8 Å². The first kappa shape index (κ1) is 26.9. The Labute approximate surface area is 237 Å². The summed E-state index contributed by atoms with van der Waals surface area (Å²) in [6, 6.07) is 19.0. The van der Waals surface area contributed by atoms with Gasteiger partial charge in [0, 0.05) is 37.3 Å². The molecule has 210 valence electrons. The highest BCUT2D eigenvalue weighted by Gasteiger charge is 2.70. The maximum atomic E-state index is 14.6. The fourth-order valence-electron chi connectivity index (χ4n) is 8.93. The van der Waals surface area contributed by atoms with Crippen LogP contribution in [0.5, 0.6) is 0 Å². The predicted molar refractivity (Wildman–Crippen MR) is 155 cm³/mol. The Morgan fingerprint density at radius 1 is 0.650 bits per heavy atom. The number of carbonyl (C=O) groups is 4. The lowest BCUT2D eigenvalue weighted by atomic mass is 9.67. The van der Waals surface area contributed by atoms with Gasteiger partial charge in [-0.3, -0.25) is 19.2 Å². The van der Waals surface area contributed by atoms with E-state index in [1.807, 2.05) is 60.7 Å². The summed E-state index contributed by atoms with van der Waals surface area (Å²) in [4.78, 5) is 59.4. The van der Waals surface area contributed by atoms with Crippen LogP contribution >= 0.6 is 0 Å². The molecule has 2 aromatic carbocycles. The first-order valence-electron chi connectivity index (χ1n) is 14.8.